The molecule has 1 aromatic heterocycles. The Kier molecular flexibility index (Phi) is 7.23. The summed E-state index contributed by atoms with van der Waals surface area (Å²) < 4.78 is 41.8. The zero-order valence-electron chi connectivity index (χ0n) is 17.7. The van der Waals surface area contributed by atoms with Crippen LogP contribution in [-0.2, 0) is 22.3 Å². The minimum atomic E-state index is -4.51. The van der Waals surface area contributed by atoms with Crippen molar-refractivity contribution in [2.45, 2.75) is 26.6 Å². The van der Waals surface area contributed by atoms with Gasteiger partial charge in [-0.1, -0.05) is 35.9 Å². The maximum absolute atomic E-state index is 13.4. The van der Waals surface area contributed by atoms with Crippen LogP contribution in [0.25, 0.3) is 5.69 Å². The van der Waals surface area contributed by atoms with E-state index in [1.807, 2.05) is 0 Å². The standard InChI is InChI=1S/C23H20ClF3N4O2/c1-14-11-17(15(2)31(14)20-6-4-3-5-19(20)23(25,26)27)13-29-30-22(33)21(32)28-12-16-7-9-18(24)10-8-16/h3-11,13H,12H2,1-2H3,(H,28,32)(H,30,33)/b29-13-. The number of nitrogens with zero attached hydrogens (tertiary/aromatic N) is 2. The third-order valence-electron chi connectivity index (χ3n) is 4.86. The molecule has 0 bridgehead atoms. The number of alkyl halides is 3. The largest absolute Gasteiger partial charge is 0.418 e. The van der Waals surface area contributed by atoms with Crippen LogP contribution in [-0.4, -0.2) is 22.6 Å². The average Bonchev–Trinajstić information content (AvgIpc) is 3.05. The first-order valence-electron chi connectivity index (χ1n) is 9.79. The van der Waals surface area contributed by atoms with Crippen LogP contribution < -0.4 is 10.7 Å². The first-order valence-corrected chi connectivity index (χ1v) is 10.2. The number of carbonyl (C=O) groups excluding carboxylic acids is 2. The number of nitrogens with one attached hydrogen (secondary N) is 2. The molecule has 3 aromatic rings. The summed E-state index contributed by atoms with van der Waals surface area (Å²) >= 11 is 5.80. The van der Waals surface area contributed by atoms with Crippen molar-refractivity contribution in [3.05, 3.63) is 87.7 Å². The van der Waals surface area contributed by atoms with Crippen LogP contribution in [0.3, 0.4) is 0 Å². The quantitative estimate of drug-likeness (QED) is 0.322. The number of hydrogen-bond acceptors (Lipinski definition) is 3. The van der Waals surface area contributed by atoms with Crippen molar-refractivity contribution in [3.8, 4) is 5.69 Å². The summed E-state index contributed by atoms with van der Waals surface area (Å²) in [6.07, 6.45) is -3.24. The number of hydrogen-bond donors (Lipinski definition) is 2. The van der Waals surface area contributed by atoms with Gasteiger partial charge in [0.1, 0.15) is 0 Å². The zero-order chi connectivity index (χ0) is 24.2. The lowest BCUT2D eigenvalue weighted by atomic mass is 10.1. The third-order valence-corrected chi connectivity index (χ3v) is 5.11. The molecule has 3 rings (SSSR count). The van der Waals surface area contributed by atoms with E-state index in [0.29, 0.717) is 22.0 Å². The van der Waals surface area contributed by atoms with Crippen LogP contribution in [0.1, 0.15) is 28.1 Å². The number of hydrazone groups is 1. The first kappa shape index (κ1) is 24.1. The second-order valence-electron chi connectivity index (χ2n) is 7.19. The van der Waals surface area contributed by atoms with Gasteiger partial charge in [0.15, 0.2) is 0 Å². The number of aromatic nitrogens is 1. The predicted molar refractivity (Wildman–Crippen MR) is 119 cm³/mol. The maximum atomic E-state index is 13.4. The van der Waals surface area contributed by atoms with Gasteiger partial charge in [-0.15, -0.1) is 0 Å². The average molecular weight is 477 g/mol. The maximum Gasteiger partial charge on any atom is 0.418 e. The summed E-state index contributed by atoms with van der Waals surface area (Å²) in [5.74, 6) is -1.86. The highest BCUT2D eigenvalue weighted by atomic mass is 35.5. The van der Waals surface area contributed by atoms with Gasteiger partial charge in [0.2, 0.25) is 0 Å². The Morgan fingerprint density at radius 3 is 2.39 bits per heavy atom. The minimum absolute atomic E-state index is 0.00902. The molecular formula is C23H20ClF3N4O2. The second-order valence-corrected chi connectivity index (χ2v) is 7.62. The molecule has 0 aliphatic heterocycles. The van der Waals surface area contributed by atoms with Crippen molar-refractivity contribution >= 4 is 29.6 Å². The van der Waals surface area contributed by atoms with Crippen molar-refractivity contribution in [2.24, 2.45) is 5.10 Å². The molecule has 0 aliphatic rings. The molecule has 0 fully saturated rings. The van der Waals surface area contributed by atoms with Gasteiger partial charge in [-0.25, -0.2) is 5.43 Å². The van der Waals surface area contributed by atoms with Crippen molar-refractivity contribution in [1.82, 2.24) is 15.3 Å². The molecule has 10 heteroatoms. The molecule has 172 valence electrons. The fourth-order valence-electron chi connectivity index (χ4n) is 3.27. The monoisotopic (exact) mass is 476 g/mol. The first-order chi connectivity index (χ1) is 15.6. The van der Waals surface area contributed by atoms with Gasteiger partial charge in [-0.2, -0.15) is 18.3 Å². The molecule has 2 aromatic carbocycles. The Labute approximate surface area is 193 Å². The summed E-state index contributed by atoms with van der Waals surface area (Å²) in [6.45, 7) is 3.44. The van der Waals surface area contributed by atoms with E-state index in [9.17, 15) is 22.8 Å². The second kappa shape index (κ2) is 9.91. The molecular weight excluding hydrogens is 457 g/mol. The molecule has 0 unspecified atom stereocenters. The van der Waals surface area contributed by atoms with Crippen molar-refractivity contribution < 1.29 is 22.8 Å². The van der Waals surface area contributed by atoms with Gasteiger partial charge in [0, 0.05) is 28.5 Å². The highest BCUT2D eigenvalue weighted by Gasteiger charge is 2.34. The summed E-state index contributed by atoms with van der Waals surface area (Å²) in [5, 5.41) is 6.78. The van der Waals surface area contributed by atoms with E-state index < -0.39 is 23.6 Å². The van der Waals surface area contributed by atoms with E-state index in [0.717, 1.165) is 11.6 Å². The van der Waals surface area contributed by atoms with Gasteiger partial charge in [-0.3, -0.25) is 9.59 Å². The zero-order valence-corrected chi connectivity index (χ0v) is 18.5. The van der Waals surface area contributed by atoms with Gasteiger partial charge in [0.25, 0.3) is 0 Å². The van der Waals surface area contributed by atoms with Crippen LogP contribution in [0.4, 0.5) is 13.2 Å². The van der Waals surface area contributed by atoms with Crippen LogP contribution in [0.2, 0.25) is 5.02 Å². The van der Waals surface area contributed by atoms with Crippen molar-refractivity contribution in [3.63, 3.8) is 0 Å². The van der Waals surface area contributed by atoms with Crippen molar-refractivity contribution in [1.29, 1.82) is 0 Å². The normalized spacial score (nSPS) is 11.6. The van der Waals surface area contributed by atoms with Gasteiger partial charge < -0.3 is 9.88 Å². The van der Waals surface area contributed by atoms with E-state index in [4.69, 9.17) is 11.6 Å². The van der Waals surface area contributed by atoms with E-state index in [-0.39, 0.29) is 12.2 Å². The van der Waals surface area contributed by atoms with E-state index in [1.165, 1.54) is 29.0 Å². The number of amides is 2. The Morgan fingerprint density at radius 2 is 1.73 bits per heavy atom. The number of aryl methyl sites for hydroxylation is 1. The van der Waals surface area contributed by atoms with Crippen molar-refractivity contribution in [2.75, 3.05) is 0 Å². The fourth-order valence-corrected chi connectivity index (χ4v) is 3.40. The number of para-hydroxylation sites is 1. The van der Waals surface area contributed by atoms with E-state index in [1.54, 1.807) is 44.2 Å². The number of rotatable bonds is 5. The lowest BCUT2D eigenvalue weighted by Crippen LogP contribution is -2.37. The van der Waals surface area contributed by atoms with Gasteiger partial charge in [-0.05, 0) is 49.7 Å². The molecule has 2 N–H and O–H groups in total. The van der Waals surface area contributed by atoms with Crippen LogP contribution in [0.15, 0.2) is 59.7 Å². The fraction of sp³-hybridized carbons (Fsp3) is 0.174. The van der Waals surface area contributed by atoms with E-state index >= 15 is 0 Å². The topological polar surface area (TPSA) is 75.5 Å². The smallest absolute Gasteiger partial charge is 0.344 e. The molecule has 0 radical (unpaired) electrons. The number of carbonyl (C=O) groups is 2. The molecule has 0 aliphatic carbocycles. The van der Waals surface area contributed by atoms with Crippen LogP contribution in [0.5, 0.6) is 0 Å². The third kappa shape index (κ3) is 5.81. The molecule has 0 saturated carbocycles. The Bertz CT molecular complexity index is 1200. The molecule has 0 spiro atoms. The number of halogens is 4. The predicted octanol–water partition coefficient (Wildman–Crippen LogP) is 4.53. The molecule has 2 amide bonds. The van der Waals surface area contributed by atoms with Gasteiger partial charge >= 0.3 is 18.0 Å². The minimum Gasteiger partial charge on any atom is -0.344 e. The Hall–Kier alpha value is -3.59. The summed E-state index contributed by atoms with van der Waals surface area (Å²) in [4.78, 5) is 23.9. The lowest BCUT2D eigenvalue weighted by molar-refractivity contribution is -0.139. The highest BCUT2D eigenvalue weighted by Crippen LogP contribution is 2.35. The Morgan fingerprint density at radius 1 is 1.06 bits per heavy atom. The molecule has 1 heterocycles. The summed E-state index contributed by atoms with van der Waals surface area (Å²) in [5.41, 5.74) is 3.64. The molecule has 0 saturated heterocycles. The van der Waals surface area contributed by atoms with E-state index in [2.05, 4.69) is 15.8 Å². The number of benzene rings is 2. The van der Waals surface area contributed by atoms with Crippen LogP contribution in [0, 0.1) is 13.8 Å². The Balaban J connectivity index is 1.68. The van der Waals surface area contributed by atoms with Gasteiger partial charge in [0.05, 0.1) is 17.5 Å². The summed E-state index contributed by atoms with van der Waals surface area (Å²) in [6, 6.07) is 13.7. The van der Waals surface area contributed by atoms with Crippen LogP contribution >= 0.6 is 11.6 Å². The highest BCUT2D eigenvalue weighted by molar-refractivity contribution is 6.35. The molecule has 0 atom stereocenters. The summed E-state index contributed by atoms with van der Waals surface area (Å²) in [7, 11) is 0. The SMILES string of the molecule is Cc1cc(/C=N\NC(=O)C(=O)NCc2ccc(Cl)cc2)c(C)n1-c1ccccc1C(F)(F)F. The lowest BCUT2D eigenvalue weighted by Gasteiger charge is -2.16. The molecule has 33 heavy (non-hydrogen) atoms. The molecule has 6 nitrogen and oxygen atoms in total.